The van der Waals surface area contributed by atoms with E-state index >= 15 is 0 Å². The van der Waals surface area contributed by atoms with Gasteiger partial charge >= 0.3 is 5.97 Å². The lowest BCUT2D eigenvalue weighted by Gasteiger charge is -2.31. The summed E-state index contributed by atoms with van der Waals surface area (Å²) in [7, 11) is 1.60. The number of ether oxygens (including phenoxy) is 2. The van der Waals surface area contributed by atoms with Crippen LogP contribution in [0.5, 0.6) is 0 Å². The fourth-order valence-electron chi connectivity index (χ4n) is 2.03. The number of unbranched alkanes of at least 4 members (excludes halogenated alkanes) is 2. The number of carbonyl (C=O) groups excluding carboxylic acids is 1. The Balaban J connectivity index is 2.69. The largest absolute Gasteiger partial charge is 0.429 e. The zero-order chi connectivity index (χ0) is 14.1. The third kappa shape index (κ3) is 4.67. The lowest BCUT2D eigenvalue weighted by molar-refractivity contribution is -0.194. The van der Waals surface area contributed by atoms with Gasteiger partial charge in [-0.2, -0.15) is 0 Å². The van der Waals surface area contributed by atoms with Gasteiger partial charge in [-0.3, -0.25) is 0 Å². The molecule has 0 heterocycles. The van der Waals surface area contributed by atoms with E-state index in [9.17, 15) is 4.79 Å². The summed E-state index contributed by atoms with van der Waals surface area (Å²) >= 11 is 0. The number of esters is 1. The highest BCUT2D eigenvalue weighted by Gasteiger charge is 2.32. The molecule has 0 radical (unpaired) electrons. The van der Waals surface area contributed by atoms with Crippen LogP contribution in [0.3, 0.4) is 0 Å². The molecule has 0 aliphatic carbocycles. The highest BCUT2D eigenvalue weighted by Crippen LogP contribution is 2.26. The monoisotopic (exact) mass is 264 g/mol. The van der Waals surface area contributed by atoms with E-state index in [0.29, 0.717) is 12.0 Å². The quantitative estimate of drug-likeness (QED) is 0.401. The minimum absolute atomic E-state index is 0.319. The molecule has 1 aromatic carbocycles. The van der Waals surface area contributed by atoms with Gasteiger partial charge in [-0.15, -0.1) is 0 Å². The predicted octanol–water partition coefficient (Wildman–Crippen LogP) is 4.18. The number of hydrogen-bond acceptors (Lipinski definition) is 3. The Bertz CT molecular complexity index is 369. The molecule has 0 saturated carbocycles. The van der Waals surface area contributed by atoms with Crippen LogP contribution in [-0.2, 0) is 9.47 Å². The van der Waals surface area contributed by atoms with Gasteiger partial charge < -0.3 is 9.47 Å². The standard InChI is InChI=1S/C16H24O3/c1-4-6-10-13-16(5-2,18-3)19-15(17)14-11-8-7-9-12-14/h7-9,11-12H,4-6,10,13H2,1-3H3. The average molecular weight is 264 g/mol. The molecule has 19 heavy (non-hydrogen) atoms. The first-order valence-corrected chi connectivity index (χ1v) is 7.01. The summed E-state index contributed by atoms with van der Waals surface area (Å²) in [5, 5.41) is 0. The third-order valence-electron chi connectivity index (χ3n) is 3.36. The van der Waals surface area contributed by atoms with Gasteiger partial charge in [0.05, 0.1) is 5.56 Å². The van der Waals surface area contributed by atoms with Gasteiger partial charge in [0.25, 0.3) is 0 Å². The molecule has 0 aliphatic rings. The number of hydrogen-bond donors (Lipinski definition) is 0. The molecule has 0 bridgehead atoms. The van der Waals surface area contributed by atoms with Crippen molar-refractivity contribution < 1.29 is 14.3 Å². The first-order chi connectivity index (χ1) is 9.17. The maximum Gasteiger partial charge on any atom is 0.340 e. The van der Waals surface area contributed by atoms with E-state index < -0.39 is 5.79 Å². The van der Waals surface area contributed by atoms with Gasteiger partial charge in [0, 0.05) is 20.0 Å². The zero-order valence-corrected chi connectivity index (χ0v) is 12.1. The molecule has 1 aromatic rings. The molecule has 0 fully saturated rings. The Morgan fingerprint density at radius 2 is 1.84 bits per heavy atom. The molecule has 0 aromatic heterocycles. The first-order valence-electron chi connectivity index (χ1n) is 7.01. The fourth-order valence-corrected chi connectivity index (χ4v) is 2.03. The molecule has 0 N–H and O–H groups in total. The minimum Gasteiger partial charge on any atom is -0.429 e. The molecule has 0 amide bonds. The van der Waals surface area contributed by atoms with Crippen LogP contribution in [-0.4, -0.2) is 18.9 Å². The van der Waals surface area contributed by atoms with Crippen LogP contribution in [0.25, 0.3) is 0 Å². The smallest absolute Gasteiger partial charge is 0.340 e. The van der Waals surface area contributed by atoms with Crippen molar-refractivity contribution in [1.29, 1.82) is 0 Å². The lowest BCUT2D eigenvalue weighted by atomic mass is 10.0. The normalized spacial score (nSPS) is 13.8. The molecule has 3 nitrogen and oxygen atoms in total. The number of methoxy groups -OCH3 is 1. The van der Waals surface area contributed by atoms with E-state index in [1.54, 1.807) is 19.2 Å². The minimum atomic E-state index is -0.790. The summed E-state index contributed by atoms with van der Waals surface area (Å²) in [6, 6.07) is 9.04. The fraction of sp³-hybridized carbons (Fsp3) is 0.562. The van der Waals surface area contributed by atoms with E-state index in [4.69, 9.17) is 9.47 Å². The summed E-state index contributed by atoms with van der Waals surface area (Å²) in [6.45, 7) is 4.13. The molecule has 1 atom stereocenters. The maximum absolute atomic E-state index is 12.1. The van der Waals surface area contributed by atoms with Gasteiger partial charge in [0.1, 0.15) is 0 Å². The second-order valence-corrected chi connectivity index (χ2v) is 4.68. The van der Waals surface area contributed by atoms with Gasteiger partial charge in [0.15, 0.2) is 0 Å². The highest BCUT2D eigenvalue weighted by atomic mass is 16.7. The van der Waals surface area contributed by atoms with Crippen LogP contribution >= 0.6 is 0 Å². The molecular formula is C16H24O3. The second-order valence-electron chi connectivity index (χ2n) is 4.68. The van der Waals surface area contributed by atoms with Crippen molar-refractivity contribution in [2.45, 2.75) is 51.7 Å². The first kappa shape index (κ1) is 15.7. The summed E-state index contributed by atoms with van der Waals surface area (Å²) in [5.74, 6) is -1.11. The summed E-state index contributed by atoms with van der Waals surface area (Å²) in [6.07, 6.45) is 4.66. The third-order valence-corrected chi connectivity index (χ3v) is 3.36. The number of carbonyl (C=O) groups is 1. The van der Waals surface area contributed by atoms with Crippen LogP contribution in [0.15, 0.2) is 30.3 Å². The van der Waals surface area contributed by atoms with Gasteiger partial charge in [-0.25, -0.2) is 4.79 Å². The Morgan fingerprint density at radius 1 is 1.16 bits per heavy atom. The second kappa shape index (κ2) is 7.95. The van der Waals surface area contributed by atoms with E-state index in [-0.39, 0.29) is 5.97 Å². The Morgan fingerprint density at radius 3 is 2.37 bits per heavy atom. The molecule has 1 unspecified atom stereocenters. The highest BCUT2D eigenvalue weighted by molar-refractivity contribution is 5.89. The lowest BCUT2D eigenvalue weighted by Crippen LogP contribution is -2.36. The van der Waals surface area contributed by atoms with E-state index in [1.165, 1.54) is 0 Å². The Labute approximate surface area is 115 Å². The van der Waals surface area contributed by atoms with E-state index in [1.807, 2.05) is 25.1 Å². The van der Waals surface area contributed by atoms with Crippen molar-refractivity contribution in [3.05, 3.63) is 35.9 Å². The number of rotatable bonds is 8. The molecule has 1 rings (SSSR count). The van der Waals surface area contributed by atoms with Crippen molar-refractivity contribution in [1.82, 2.24) is 0 Å². The SMILES string of the molecule is CCCCCC(CC)(OC)OC(=O)c1ccccc1. The van der Waals surface area contributed by atoms with Crippen molar-refractivity contribution in [2.24, 2.45) is 0 Å². The van der Waals surface area contributed by atoms with Crippen molar-refractivity contribution in [3.63, 3.8) is 0 Å². The molecule has 106 valence electrons. The summed E-state index contributed by atoms with van der Waals surface area (Å²) in [4.78, 5) is 12.1. The summed E-state index contributed by atoms with van der Waals surface area (Å²) < 4.78 is 11.1. The average Bonchev–Trinajstić information content (AvgIpc) is 2.47. The molecule has 0 aliphatic heterocycles. The van der Waals surface area contributed by atoms with Crippen LogP contribution in [0.4, 0.5) is 0 Å². The summed E-state index contributed by atoms with van der Waals surface area (Å²) in [5.41, 5.74) is 0.563. The van der Waals surface area contributed by atoms with Gasteiger partial charge in [0.2, 0.25) is 5.79 Å². The van der Waals surface area contributed by atoms with Crippen LogP contribution < -0.4 is 0 Å². The van der Waals surface area contributed by atoms with Crippen LogP contribution in [0, 0.1) is 0 Å². The Kier molecular flexibility index (Phi) is 6.57. The zero-order valence-electron chi connectivity index (χ0n) is 12.1. The van der Waals surface area contributed by atoms with Crippen molar-refractivity contribution in [2.75, 3.05) is 7.11 Å². The van der Waals surface area contributed by atoms with Crippen LogP contribution in [0.1, 0.15) is 56.3 Å². The van der Waals surface area contributed by atoms with Crippen molar-refractivity contribution >= 4 is 5.97 Å². The van der Waals surface area contributed by atoms with Gasteiger partial charge in [-0.1, -0.05) is 44.9 Å². The van der Waals surface area contributed by atoms with Crippen molar-refractivity contribution in [3.8, 4) is 0 Å². The van der Waals surface area contributed by atoms with Crippen LogP contribution in [0.2, 0.25) is 0 Å². The topological polar surface area (TPSA) is 35.5 Å². The molecular weight excluding hydrogens is 240 g/mol. The molecule has 3 heteroatoms. The maximum atomic E-state index is 12.1. The predicted molar refractivity (Wildman–Crippen MR) is 76.0 cm³/mol. The van der Waals surface area contributed by atoms with Gasteiger partial charge in [-0.05, 0) is 18.6 Å². The Hall–Kier alpha value is -1.35. The molecule has 0 saturated heterocycles. The van der Waals surface area contributed by atoms with E-state index in [0.717, 1.165) is 25.7 Å². The number of benzene rings is 1. The molecule has 0 spiro atoms. The van der Waals surface area contributed by atoms with E-state index in [2.05, 4.69) is 6.92 Å².